The number of nitrogen functional groups attached to an aromatic ring is 1. The maximum absolute atomic E-state index is 14.2. The van der Waals surface area contributed by atoms with E-state index in [-0.39, 0.29) is 22.9 Å². The topological polar surface area (TPSA) is 174 Å². The Kier molecular flexibility index (Phi) is 7.72. The number of amides is 3. The number of hydrogen-bond donors (Lipinski definition) is 4. The van der Waals surface area contributed by atoms with Crippen LogP contribution in [-0.4, -0.2) is 46.2 Å². The zero-order chi connectivity index (χ0) is 27.4. The number of aromatic nitrogens is 2. The molecule has 6 N–H and O–H groups in total. The standard InChI is InChI=1S/C26H26N6O5S/c1-3-37-19(33)13-30-25(35)22(16-12-29-17-10-6-5-9-15(16)17)32(18-11-7-4-8-14(18)2)26(36)23-20(27)21(24(28)34)31-38-23/h4-12,22,29H,3,13,27H2,1-2H3,(H2,28,34)(H,30,35). The minimum absolute atomic E-state index is 0.0508. The molecule has 196 valence electrons. The Labute approximate surface area is 221 Å². The summed E-state index contributed by atoms with van der Waals surface area (Å²) in [6.07, 6.45) is 1.64. The fraction of sp³-hybridized carbons (Fsp3) is 0.192. The molecule has 12 heteroatoms. The lowest BCUT2D eigenvalue weighted by atomic mass is 10.0. The summed E-state index contributed by atoms with van der Waals surface area (Å²) in [5, 5.41) is 3.29. The van der Waals surface area contributed by atoms with Gasteiger partial charge in [-0.15, -0.1) is 0 Å². The van der Waals surface area contributed by atoms with Crippen LogP contribution < -0.4 is 21.7 Å². The van der Waals surface area contributed by atoms with Crippen molar-refractivity contribution in [3.63, 3.8) is 0 Å². The van der Waals surface area contributed by atoms with Crippen molar-refractivity contribution in [1.82, 2.24) is 14.7 Å². The molecule has 11 nitrogen and oxygen atoms in total. The van der Waals surface area contributed by atoms with Crippen molar-refractivity contribution in [2.24, 2.45) is 5.73 Å². The summed E-state index contributed by atoms with van der Waals surface area (Å²) in [6, 6.07) is 13.1. The Morgan fingerprint density at radius 2 is 1.84 bits per heavy atom. The van der Waals surface area contributed by atoms with Gasteiger partial charge >= 0.3 is 5.97 Å². The van der Waals surface area contributed by atoms with Crippen LogP contribution in [0.15, 0.2) is 54.7 Å². The van der Waals surface area contributed by atoms with Crippen LogP contribution in [-0.2, 0) is 14.3 Å². The SMILES string of the molecule is CCOC(=O)CNC(=O)C(c1c[nH]c2ccccc12)N(C(=O)c1snc(C(N)=O)c1N)c1ccccc1C. The third-order valence-corrected chi connectivity index (χ3v) is 6.74. The van der Waals surface area contributed by atoms with Crippen LogP contribution >= 0.6 is 11.5 Å². The van der Waals surface area contributed by atoms with E-state index in [0.29, 0.717) is 33.7 Å². The largest absolute Gasteiger partial charge is 0.465 e. The van der Waals surface area contributed by atoms with Crippen molar-refractivity contribution >= 4 is 57.5 Å². The average Bonchev–Trinajstić information content (AvgIpc) is 3.50. The molecule has 0 bridgehead atoms. The van der Waals surface area contributed by atoms with E-state index in [4.69, 9.17) is 16.2 Å². The number of H-pyrrole nitrogens is 1. The summed E-state index contributed by atoms with van der Waals surface area (Å²) in [4.78, 5) is 56.2. The molecule has 38 heavy (non-hydrogen) atoms. The molecule has 0 aliphatic heterocycles. The van der Waals surface area contributed by atoms with Crippen LogP contribution in [0.1, 0.15) is 44.3 Å². The summed E-state index contributed by atoms with van der Waals surface area (Å²) in [5.74, 6) is -2.79. The lowest BCUT2D eigenvalue weighted by Gasteiger charge is -2.32. The summed E-state index contributed by atoms with van der Waals surface area (Å²) in [5.41, 5.74) is 13.4. The molecule has 0 aliphatic rings. The predicted molar refractivity (Wildman–Crippen MR) is 144 cm³/mol. The minimum atomic E-state index is -1.24. The molecule has 2 aromatic heterocycles. The first-order valence-electron chi connectivity index (χ1n) is 11.7. The van der Waals surface area contributed by atoms with E-state index in [9.17, 15) is 19.2 Å². The zero-order valence-electron chi connectivity index (χ0n) is 20.7. The van der Waals surface area contributed by atoms with Crippen molar-refractivity contribution in [3.05, 3.63) is 76.4 Å². The molecule has 2 heterocycles. The maximum atomic E-state index is 14.2. The van der Waals surface area contributed by atoms with Gasteiger partial charge in [-0.2, -0.15) is 4.37 Å². The van der Waals surface area contributed by atoms with Crippen molar-refractivity contribution in [3.8, 4) is 0 Å². The number of hydrogen-bond acceptors (Lipinski definition) is 8. The van der Waals surface area contributed by atoms with Gasteiger partial charge in [0.25, 0.3) is 11.8 Å². The molecule has 0 spiro atoms. The fourth-order valence-electron chi connectivity index (χ4n) is 4.12. The summed E-state index contributed by atoms with van der Waals surface area (Å²) < 4.78 is 8.91. The lowest BCUT2D eigenvalue weighted by Crippen LogP contribution is -2.45. The van der Waals surface area contributed by atoms with Gasteiger partial charge in [-0.05, 0) is 43.1 Å². The predicted octanol–water partition coefficient (Wildman–Crippen LogP) is 2.68. The van der Waals surface area contributed by atoms with E-state index in [2.05, 4.69) is 14.7 Å². The first-order chi connectivity index (χ1) is 18.2. The van der Waals surface area contributed by atoms with Crippen LogP contribution in [0.3, 0.4) is 0 Å². The van der Waals surface area contributed by atoms with E-state index >= 15 is 0 Å². The number of nitrogens with two attached hydrogens (primary N) is 2. The summed E-state index contributed by atoms with van der Waals surface area (Å²) in [7, 11) is 0. The Balaban J connectivity index is 1.90. The van der Waals surface area contributed by atoms with Crippen LogP contribution in [0.5, 0.6) is 0 Å². The highest BCUT2D eigenvalue weighted by Gasteiger charge is 2.38. The Morgan fingerprint density at radius 3 is 2.53 bits per heavy atom. The van der Waals surface area contributed by atoms with Gasteiger partial charge in [0.15, 0.2) is 5.69 Å². The molecule has 1 unspecified atom stereocenters. The number of para-hydroxylation sites is 2. The molecule has 0 saturated heterocycles. The molecule has 4 rings (SSSR count). The molecular weight excluding hydrogens is 508 g/mol. The first kappa shape index (κ1) is 26.4. The number of carbonyl (C=O) groups excluding carboxylic acids is 4. The highest BCUT2D eigenvalue weighted by Crippen LogP contribution is 2.37. The number of aromatic amines is 1. The Morgan fingerprint density at radius 1 is 1.13 bits per heavy atom. The van der Waals surface area contributed by atoms with Crippen LogP contribution in [0, 0.1) is 6.92 Å². The third-order valence-electron chi connectivity index (χ3n) is 5.88. The van der Waals surface area contributed by atoms with Gasteiger partial charge in [0.1, 0.15) is 17.5 Å². The smallest absolute Gasteiger partial charge is 0.325 e. The highest BCUT2D eigenvalue weighted by atomic mass is 32.1. The fourth-order valence-corrected chi connectivity index (χ4v) is 4.87. The first-order valence-corrected chi connectivity index (χ1v) is 12.4. The number of ether oxygens (including phenoxy) is 1. The number of fused-ring (bicyclic) bond motifs is 1. The minimum Gasteiger partial charge on any atom is -0.465 e. The van der Waals surface area contributed by atoms with E-state index in [0.717, 1.165) is 5.52 Å². The number of aryl methyl sites for hydroxylation is 1. The van der Waals surface area contributed by atoms with Crippen molar-refractivity contribution in [2.75, 3.05) is 23.8 Å². The molecule has 0 aliphatic carbocycles. The number of benzene rings is 2. The van der Waals surface area contributed by atoms with Gasteiger partial charge in [0, 0.05) is 28.4 Å². The second-order valence-corrected chi connectivity index (χ2v) is 9.09. The Hall–Kier alpha value is -4.71. The second-order valence-electron chi connectivity index (χ2n) is 8.31. The third kappa shape index (κ3) is 5.06. The molecule has 3 amide bonds. The maximum Gasteiger partial charge on any atom is 0.325 e. The summed E-state index contributed by atoms with van der Waals surface area (Å²) >= 11 is 0.716. The number of anilines is 2. The highest BCUT2D eigenvalue weighted by molar-refractivity contribution is 7.09. The molecule has 0 radical (unpaired) electrons. The average molecular weight is 535 g/mol. The molecule has 4 aromatic rings. The zero-order valence-corrected chi connectivity index (χ0v) is 21.5. The van der Waals surface area contributed by atoms with Gasteiger partial charge in [0.2, 0.25) is 5.91 Å². The number of nitrogens with zero attached hydrogens (tertiary/aromatic N) is 2. The van der Waals surface area contributed by atoms with Crippen LogP contribution in [0.2, 0.25) is 0 Å². The van der Waals surface area contributed by atoms with Gasteiger partial charge in [-0.25, -0.2) is 0 Å². The van der Waals surface area contributed by atoms with Crippen molar-refractivity contribution in [1.29, 1.82) is 0 Å². The van der Waals surface area contributed by atoms with Gasteiger partial charge in [-0.1, -0.05) is 36.4 Å². The van der Waals surface area contributed by atoms with Gasteiger partial charge in [-0.3, -0.25) is 24.1 Å². The van der Waals surface area contributed by atoms with E-state index in [1.807, 2.05) is 24.3 Å². The monoisotopic (exact) mass is 534 g/mol. The van der Waals surface area contributed by atoms with Crippen molar-refractivity contribution < 1.29 is 23.9 Å². The summed E-state index contributed by atoms with van der Waals surface area (Å²) in [6.45, 7) is 3.22. The van der Waals surface area contributed by atoms with E-state index < -0.39 is 36.3 Å². The number of esters is 1. The molecule has 0 fully saturated rings. The molecular formula is C26H26N6O5S. The van der Waals surface area contributed by atoms with E-state index in [1.165, 1.54) is 4.90 Å². The molecule has 2 aromatic carbocycles. The normalized spacial score (nSPS) is 11.6. The molecule has 1 atom stereocenters. The van der Waals surface area contributed by atoms with Crippen LogP contribution in [0.25, 0.3) is 10.9 Å². The number of rotatable bonds is 9. The Bertz CT molecular complexity index is 1530. The van der Waals surface area contributed by atoms with Crippen LogP contribution in [0.4, 0.5) is 11.4 Å². The second kappa shape index (κ2) is 11.1. The number of primary amides is 1. The van der Waals surface area contributed by atoms with E-state index in [1.54, 1.807) is 44.3 Å². The molecule has 0 saturated carbocycles. The van der Waals surface area contributed by atoms with Gasteiger partial charge < -0.3 is 26.5 Å². The van der Waals surface area contributed by atoms with Gasteiger partial charge in [0.05, 0.1) is 12.3 Å². The quantitative estimate of drug-likeness (QED) is 0.239. The number of nitrogens with one attached hydrogen (secondary N) is 2. The lowest BCUT2D eigenvalue weighted by molar-refractivity contribution is -0.143. The number of carbonyl (C=O) groups is 4. The van der Waals surface area contributed by atoms with Crippen molar-refractivity contribution in [2.45, 2.75) is 19.9 Å².